The molecular formula is C19H14ClFOSe. The predicted molar refractivity (Wildman–Crippen MR) is 93.0 cm³/mol. The number of hydrogen-bond donors (Lipinski definition) is 0. The third kappa shape index (κ3) is 3.64. The van der Waals surface area contributed by atoms with Gasteiger partial charge in [-0.25, -0.2) is 0 Å². The van der Waals surface area contributed by atoms with Gasteiger partial charge in [0.1, 0.15) is 0 Å². The van der Waals surface area contributed by atoms with Gasteiger partial charge in [-0.05, 0) is 0 Å². The number of hydrogen-bond acceptors (Lipinski definition) is 1. The zero-order chi connectivity index (χ0) is 16.4. The first-order valence-corrected chi connectivity index (χ1v) is 9.26. The van der Waals surface area contributed by atoms with Gasteiger partial charge in [0, 0.05) is 0 Å². The van der Waals surface area contributed by atoms with Crippen molar-refractivity contribution in [3.8, 4) is 10.0 Å². The van der Waals surface area contributed by atoms with Gasteiger partial charge >= 0.3 is 145 Å². The average molecular weight is 392 g/mol. The Morgan fingerprint density at radius 1 is 1.13 bits per heavy atom. The zero-order valence-electron chi connectivity index (χ0n) is 12.5. The van der Waals surface area contributed by atoms with Gasteiger partial charge in [0.2, 0.25) is 0 Å². The third-order valence-corrected chi connectivity index (χ3v) is 6.34. The minimum atomic E-state index is -0.332. The molecule has 0 aliphatic rings. The molecule has 3 aromatic rings. The second kappa shape index (κ2) is 6.84. The molecule has 0 spiro atoms. The molecule has 0 radical (unpaired) electrons. The van der Waals surface area contributed by atoms with Crippen LogP contribution in [-0.4, -0.2) is 20.3 Å². The molecule has 0 atom stereocenters. The van der Waals surface area contributed by atoms with Crippen molar-refractivity contribution in [2.45, 2.75) is 13.3 Å². The van der Waals surface area contributed by atoms with Gasteiger partial charge in [-0.2, -0.15) is 0 Å². The van der Waals surface area contributed by atoms with Crippen LogP contribution in [0.4, 0.5) is 4.39 Å². The number of carbonyl (C=O) groups excluding carboxylic acids is 1. The molecule has 1 nitrogen and oxygen atoms in total. The Balaban J connectivity index is 1.86. The monoisotopic (exact) mass is 392 g/mol. The van der Waals surface area contributed by atoms with Crippen molar-refractivity contribution in [1.82, 2.24) is 0 Å². The van der Waals surface area contributed by atoms with Crippen molar-refractivity contribution >= 4 is 31.9 Å². The van der Waals surface area contributed by atoms with Crippen molar-refractivity contribution in [1.29, 1.82) is 0 Å². The van der Waals surface area contributed by atoms with Crippen molar-refractivity contribution in [2.24, 2.45) is 0 Å². The van der Waals surface area contributed by atoms with Crippen LogP contribution in [0.1, 0.15) is 20.4 Å². The normalized spacial score (nSPS) is 10.7. The average Bonchev–Trinajstić information content (AvgIpc) is 3.02. The van der Waals surface area contributed by atoms with E-state index in [1.165, 1.54) is 6.07 Å². The third-order valence-electron chi connectivity index (χ3n) is 3.58. The summed E-state index contributed by atoms with van der Waals surface area (Å²) >= 11 is 6.17. The van der Waals surface area contributed by atoms with E-state index in [0.717, 1.165) is 20.0 Å². The topological polar surface area (TPSA) is 17.1 Å². The van der Waals surface area contributed by atoms with Crippen LogP contribution >= 0.6 is 11.6 Å². The molecule has 0 aliphatic carbocycles. The summed E-state index contributed by atoms with van der Waals surface area (Å²) in [5.74, 6) is -0.355. The Hall–Kier alpha value is -1.67. The summed E-state index contributed by atoms with van der Waals surface area (Å²) < 4.78 is 15.5. The van der Waals surface area contributed by atoms with Crippen LogP contribution in [0.2, 0.25) is 5.02 Å². The van der Waals surface area contributed by atoms with Gasteiger partial charge in [-0.1, -0.05) is 0 Å². The van der Waals surface area contributed by atoms with E-state index in [2.05, 4.69) is 0 Å². The van der Waals surface area contributed by atoms with Gasteiger partial charge in [0.15, 0.2) is 0 Å². The predicted octanol–water partition coefficient (Wildman–Crippen LogP) is 4.94. The Bertz CT molecular complexity index is 869. The van der Waals surface area contributed by atoms with E-state index in [-0.39, 0.29) is 32.5 Å². The summed E-state index contributed by atoms with van der Waals surface area (Å²) in [5.41, 5.74) is 2.56. The second-order valence-corrected chi connectivity index (χ2v) is 8.02. The molecule has 0 fully saturated rings. The molecule has 116 valence electrons. The standard InChI is InChI=1S/C19H14ClFOSe/c1-12-6-7-15(20)14(10-12)18-8-9-19(23-18)17(22)11-13-4-2-3-5-16(13)21/h2-10H,11H2,1H3. The molecule has 0 aliphatic heterocycles. The van der Waals surface area contributed by atoms with E-state index in [1.807, 2.05) is 37.3 Å². The molecule has 0 amide bonds. The first kappa shape index (κ1) is 16.2. The van der Waals surface area contributed by atoms with Crippen LogP contribution in [0.5, 0.6) is 0 Å². The van der Waals surface area contributed by atoms with E-state index in [1.54, 1.807) is 18.2 Å². The molecule has 0 unspecified atom stereocenters. The van der Waals surface area contributed by atoms with Crippen molar-refractivity contribution in [3.05, 3.63) is 81.0 Å². The van der Waals surface area contributed by atoms with Crippen molar-refractivity contribution in [3.63, 3.8) is 0 Å². The molecule has 1 heterocycles. The first-order valence-electron chi connectivity index (χ1n) is 7.17. The first-order chi connectivity index (χ1) is 11.0. The minimum absolute atomic E-state index is 0.0230. The van der Waals surface area contributed by atoms with Gasteiger partial charge < -0.3 is 0 Å². The van der Waals surface area contributed by atoms with Gasteiger partial charge in [-0.3, -0.25) is 0 Å². The van der Waals surface area contributed by atoms with E-state index >= 15 is 0 Å². The van der Waals surface area contributed by atoms with Crippen LogP contribution in [0.25, 0.3) is 10.0 Å². The molecule has 2 aromatic carbocycles. The van der Waals surface area contributed by atoms with Crippen LogP contribution in [0, 0.1) is 12.7 Å². The molecule has 3 rings (SSSR count). The number of ketones is 1. The summed E-state index contributed by atoms with van der Waals surface area (Å²) in [6.45, 7) is 2.01. The molecule has 1 aromatic heterocycles. The van der Waals surface area contributed by atoms with Crippen LogP contribution in [0.15, 0.2) is 54.6 Å². The van der Waals surface area contributed by atoms with E-state index in [4.69, 9.17) is 11.6 Å². The molecule has 4 heteroatoms. The molecule has 23 heavy (non-hydrogen) atoms. The SMILES string of the molecule is Cc1ccc(Cl)c(-c2ccc(C(=O)Cc3ccccc3F)[se]2)c1. The Morgan fingerprint density at radius 3 is 2.70 bits per heavy atom. The Morgan fingerprint density at radius 2 is 1.91 bits per heavy atom. The van der Waals surface area contributed by atoms with Crippen LogP contribution in [0.3, 0.4) is 0 Å². The van der Waals surface area contributed by atoms with E-state index < -0.39 is 0 Å². The van der Waals surface area contributed by atoms with Gasteiger partial charge in [-0.15, -0.1) is 0 Å². The number of carbonyl (C=O) groups is 1. The van der Waals surface area contributed by atoms with Crippen LogP contribution < -0.4 is 0 Å². The summed E-state index contributed by atoms with van der Waals surface area (Å²) in [7, 11) is 0. The fourth-order valence-electron chi connectivity index (χ4n) is 2.36. The molecular weight excluding hydrogens is 378 g/mol. The quantitative estimate of drug-likeness (QED) is 0.455. The van der Waals surface area contributed by atoms with E-state index in [9.17, 15) is 9.18 Å². The summed E-state index contributed by atoms with van der Waals surface area (Å²) in [6, 6.07) is 16.1. The number of benzene rings is 2. The molecule has 0 saturated carbocycles. The maximum absolute atomic E-state index is 13.7. The Kier molecular flexibility index (Phi) is 4.82. The second-order valence-electron chi connectivity index (χ2n) is 5.34. The summed E-state index contributed by atoms with van der Waals surface area (Å²) in [6.07, 6.45) is 0.100. The zero-order valence-corrected chi connectivity index (χ0v) is 14.9. The van der Waals surface area contributed by atoms with Crippen molar-refractivity contribution < 1.29 is 9.18 Å². The van der Waals surface area contributed by atoms with Crippen molar-refractivity contribution in [2.75, 3.05) is 0 Å². The summed E-state index contributed by atoms with van der Waals surface area (Å²) in [4.78, 5) is 12.4. The maximum atomic E-state index is 13.7. The number of Topliss-reactive ketones (excluding diaryl/α,β-unsaturated/α-hetero) is 1. The molecule has 0 bridgehead atoms. The van der Waals surface area contributed by atoms with Crippen LogP contribution in [-0.2, 0) is 6.42 Å². The number of halogens is 2. The van der Waals surface area contributed by atoms with E-state index in [0.29, 0.717) is 10.6 Å². The number of rotatable bonds is 4. The van der Waals surface area contributed by atoms with Gasteiger partial charge in [0.05, 0.1) is 0 Å². The Labute approximate surface area is 145 Å². The molecule has 0 N–H and O–H groups in total. The summed E-state index contributed by atoms with van der Waals surface area (Å²) in [5, 5.41) is 0.694. The fourth-order valence-corrected chi connectivity index (χ4v) is 4.75. The number of aryl methyl sites for hydroxylation is 1. The van der Waals surface area contributed by atoms with Gasteiger partial charge in [0.25, 0.3) is 0 Å². The molecule has 0 saturated heterocycles. The fraction of sp³-hybridized carbons (Fsp3) is 0.105.